The van der Waals surface area contributed by atoms with Gasteiger partial charge in [0.15, 0.2) is 0 Å². The lowest BCUT2D eigenvalue weighted by atomic mass is 9.98. The number of hydrogen-bond acceptors (Lipinski definition) is 2. The highest BCUT2D eigenvalue weighted by molar-refractivity contribution is 7.98. The number of aromatic hydroxyl groups is 1. The van der Waals surface area contributed by atoms with Crippen LogP contribution in [0.2, 0.25) is 0 Å². The van der Waals surface area contributed by atoms with Crippen LogP contribution < -0.4 is 0 Å². The monoisotopic (exact) mass is 196 g/mol. The SMILES string of the molecule is CCC(C)c1cc(SC)ccc1O. The Morgan fingerprint density at radius 1 is 1.46 bits per heavy atom. The van der Waals surface area contributed by atoms with Gasteiger partial charge in [-0.15, -0.1) is 11.8 Å². The fourth-order valence-electron chi connectivity index (χ4n) is 1.27. The van der Waals surface area contributed by atoms with Crippen molar-refractivity contribution in [3.8, 4) is 5.75 Å². The lowest BCUT2D eigenvalue weighted by Crippen LogP contribution is -1.92. The summed E-state index contributed by atoms with van der Waals surface area (Å²) in [6.45, 7) is 4.27. The van der Waals surface area contributed by atoms with E-state index in [1.54, 1.807) is 17.8 Å². The summed E-state index contributed by atoms with van der Waals surface area (Å²) in [4.78, 5) is 1.22. The molecule has 0 aliphatic heterocycles. The summed E-state index contributed by atoms with van der Waals surface area (Å²) in [5.74, 6) is 0.860. The van der Waals surface area contributed by atoms with Crippen LogP contribution >= 0.6 is 11.8 Å². The molecule has 0 aliphatic carbocycles. The molecule has 0 spiro atoms. The van der Waals surface area contributed by atoms with Gasteiger partial charge in [-0.25, -0.2) is 0 Å². The number of benzene rings is 1. The zero-order valence-electron chi connectivity index (χ0n) is 8.37. The van der Waals surface area contributed by atoms with E-state index >= 15 is 0 Å². The van der Waals surface area contributed by atoms with E-state index in [1.165, 1.54) is 4.90 Å². The summed E-state index contributed by atoms with van der Waals surface area (Å²) in [7, 11) is 0. The number of hydrogen-bond donors (Lipinski definition) is 1. The second-order valence-electron chi connectivity index (χ2n) is 3.23. The van der Waals surface area contributed by atoms with Gasteiger partial charge in [0, 0.05) is 4.90 Å². The Morgan fingerprint density at radius 2 is 2.15 bits per heavy atom. The lowest BCUT2D eigenvalue weighted by Gasteiger charge is -2.12. The van der Waals surface area contributed by atoms with Crippen LogP contribution in [0.4, 0.5) is 0 Å². The molecule has 0 heterocycles. The molecule has 13 heavy (non-hydrogen) atoms. The average Bonchev–Trinajstić information content (AvgIpc) is 2.17. The quantitative estimate of drug-likeness (QED) is 0.745. The van der Waals surface area contributed by atoms with E-state index in [0.717, 1.165) is 12.0 Å². The second kappa shape index (κ2) is 4.56. The second-order valence-corrected chi connectivity index (χ2v) is 4.11. The minimum atomic E-state index is 0.423. The van der Waals surface area contributed by atoms with Gasteiger partial charge >= 0.3 is 0 Å². The molecule has 1 unspecified atom stereocenters. The van der Waals surface area contributed by atoms with E-state index in [9.17, 15) is 5.11 Å². The van der Waals surface area contributed by atoms with Crippen LogP contribution in [0.15, 0.2) is 23.1 Å². The van der Waals surface area contributed by atoms with Crippen LogP contribution in [0.1, 0.15) is 31.7 Å². The predicted octanol–water partition coefficient (Wildman–Crippen LogP) is 3.63. The fraction of sp³-hybridized carbons (Fsp3) is 0.455. The molecule has 1 N–H and O–H groups in total. The van der Waals surface area contributed by atoms with E-state index in [0.29, 0.717) is 11.7 Å². The molecule has 0 saturated heterocycles. The Kier molecular flexibility index (Phi) is 3.67. The van der Waals surface area contributed by atoms with Gasteiger partial charge in [0.1, 0.15) is 5.75 Å². The first-order valence-electron chi connectivity index (χ1n) is 4.56. The van der Waals surface area contributed by atoms with Crippen LogP contribution in [0.25, 0.3) is 0 Å². The highest BCUT2D eigenvalue weighted by Crippen LogP contribution is 2.31. The molecule has 1 aromatic rings. The third-order valence-corrected chi connectivity index (χ3v) is 3.10. The average molecular weight is 196 g/mol. The van der Waals surface area contributed by atoms with E-state index < -0.39 is 0 Å². The molecule has 0 aliphatic rings. The van der Waals surface area contributed by atoms with Gasteiger partial charge in [-0.2, -0.15) is 0 Å². The minimum Gasteiger partial charge on any atom is -0.508 e. The van der Waals surface area contributed by atoms with Crippen molar-refractivity contribution in [2.24, 2.45) is 0 Å². The Bertz CT molecular complexity index is 283. The maximum atomic E-state index is 9.62. The van der Waals surface area contributed by atoms with E-state index in [2.05, 4.69) is 19.9 Å². The van der Waals surface area contributed by atoms with Crippen molar-refractivity contribution < 1.29 is 5.11 Å². The van der Waals surface area contributed by atoms with E-state index in [4.69, 9.17) is 0 Å². The van der Waals surface area contributed by atoms with Crippen molar-refractivity contribution in [2.45, 2.75) is 31.1 Å². The van der Waals surface area contributed by atoms with Crippen molar-refractivity contribution in [1.82, 2.24) is 0 Å². The zero-order chi connectivity index (χ0) is 9.84. The highest BCUT2D eigenvalue weighted by atomic mass is 32.2. The summed E-state index contributed by atoms with van der Waals surface area (Å²) in [5, 5.41) is 9.62. The maximum absolute atomic E-state index is 9.62. The van der Waals surface area contributed by atoms with Gasteiger partial charge < -0.3 is 5.11 Å². The van der Waals surface area contributed by atoms with Gasteiger partial charge in [0.25, 0.3) is 0 Å². The summed E-state index contributed by atoms with van der Waals surface area (Å²) in [5.41, 5.74) is 1.06. The van der Waals surface area contributed by atoms with Crippen LogP contribution in [-0.4, -0.2) is 11.4 Å². The van der Waals surface area contributed by atoms with Crippen molar-refractivity contribution >= 4 is 11.8 Å². The summed E-state index contributed by atoms with van der Waals surface area (Å²) in [6, 6.07) is 5.81. The van der Waals surface area contributed by atoms with E-state index in [-0.39, 0.29) is 0 Å². The molecular formula is C11H16OS. The standard InChI is InChI=1S/C11H16OS/c1-4-8(2)10-7-9(13-3)5-6-11(10)12/h5-8,12H,4H2,1-3H3. The summed E-state index contributed by atoms with van der Waals surface area (Å²) >= 11 is 1.71. The molecule has 0 radical (unpaired) electrons. The van der Waals surface area contributed by atoms with Crippen molar-refractivity contribution in [3.05, 3.63) is 23.8 Å². The maximum Gasteiger partial charge on any atom is 0.119 e. The molecule has 1 aromatic carbocycles. The first kappa shape index (κ1) is 10.5. The summed E-state index contributed by atoms with van der Waals surface area (Å²) in [6.07, 6.45) is 3.11. The Hall–Kier alpha value is -0.630. The predicted molar refractivity (Wildman–Crippen MR) is 58.6 cm³/mol. The van der Waals surface area contributed by atoms with Crippen molar-refractivity contribution in [3.63, 3.8) is 0 Å². The Morgan fingerprint density at radius 3 is 2.69 bits per heavy atom. The molecule has 0 fully saturated rings. The van der Waals surface area contributed by atoms with Gasteiger partial charge in [-0.3, -0.25) is 0 Å². The first-order chi connectivity index (χ1) is 6.19. The number of thioether (sulfide) groups is 1. The fourth-order valence-corrected chi connectivity index (χ4v) is 1.72. The van der Waals surface area contributed by atoms with Gasteiger partial charge in [0.05, 0.1) is 0 Å². The molecule has 1 nitrogen and oxygen atoms in total. The van der Waals surface area contributed by atoms with Crippen LogP contribution in [0.3, 0.4) is 0 Å². The molecule has 1 rings (SSSR count). The molecule has 0 aromatic heterocycles. The van der Waals surface area contributed by atoms with Crippen LogP contribution in [-0.2, 0) is 0 Å². The third kappa shape index (κ3) is 2.41. The Balaban J connectivity index is 3.03. The number of rotatable bonds is 3. The number of phenolic OH excluding ortho intramolecular Hbond substituents is 1. The van der Waals surface area contributed by atoms with Crippen molar-refractivity contribution in [2.75, 3.05) is 6.26 Å². The molecule has 1 atom stereocenters. The largest absolute Gasteiger partial charge is 0.508 e. The van der Waals surface area contributed by atoms with Crippen molar-refractivity contribution in [1.29, 1.82) is 0 Å². The third-order valence-electron chi connectivity index (χ3n) is 2.38. The molecule has 0 saturated carbocycles. The highest BCUT2D eigenvalue weighted by Gasteiger charge is 2.08. The summed E-state index contributed by atoms with van der Waals surface area (Å²) < 4.78 is 0. The molecular weight excluding hydrogens is 180 g/mol. The van der Waals surface area contributed by atoms with Gasteiger partial charge in [0.2, 0.25) is 0 Å². The van der Waals surface area contributed by atoms with Crippen LogP contribution in [0, 0.1) is 0 Å². The zero-order valence-corrected chi connectivity index (χ0v) is 9.19. The van der Waals surface area contributed by atoms with Gasteiger partial charge in [-0.05, 0) is 42.4 Å². The van der Waals surface area contributed by atoms with Crippen LogP contribution in [0.5, 0.6) is 5.75 Å². The smallest absolute Gasteiger partial charge is 0.119 e. The normalized spacial score (nSPS) is 12.8. The minimum absolute atomic E-state index is 0.423. The Labute approximate surface area is 84.2 Å². The molecule has 2 heteroatoms. The molecule has 72 valence electrons. The molecule has 0 amide bonds. The van der Waals surface area contributed by atoms with E-state index in [1.807, 2.05) is 12.3 Å². The topological polar surface area (TPSA) is 20.2 Å². The first-order valence-corrected chi connectivity index (χ1v) is 5.78. The molecule has 0 bridgehead atoms. The lowest BCUT2D eigenvalue weighted by molar-refractivity contribution is 0.461. The number of phenols is 1. The van der Waals surface area contributed by atoms with Gasteiger partial charge in [-0.1, -0.05) is 13.8 Å².